The van der Waals surface area contributed by atoms with Crippen LogP contribution in [0.15, 0.2) is 75.6 Å². The summed E-state index contributed by atoms with van der Waals surface area (Å²) >= 11 is 2.95. The Morgan fingerprint density at radius 1 is 1.04 bits per heavy atom. The molecular weight excluding hydrogens is 392 g/mol. The van der Waals surface area contributed by atoms with Gasteiger partial charge in [-0.15, -0.1) is 10.2 Å². The van der Waals surface area contributed by atoms with E-state index in [4.69, 9.17) is 4.52 Å². The molecule has 0 radical (unpaired) electrons. The molecule has 0 saturated heterocycles. The van der Waals surface area contributed by atoms with Crippen molar-refractivity contribution in [2.75, 3.05) is 5.32 Å². The van der Waals surface area contributed by atoms with Gasteiger partial charge in [0.2, 0.25) is 11.0 Å². The number of hydrogen-bond acceptors (Lipinski definition) is 7. The van der Waals surface area contributed by atoms with Gasteiger partial charge in [-0.3, -0.25) is 4.79 Å². The molecule has 2 aromatic heterocycles. The van der Waals surface area contributed by atoms with E-state index in [1.807, 2.05) is 48.5 Å². The molecule has 0 unspecified atom stereocenters. The van der Waals surface area contributed by atoms with Gasteiger partial charge in [-0.1, -0.05) is 88.9 Å². The molecule has 0 fully saturated rings. The number of hydrogen-bond donors (Lipinski definition) is 1. The van der Waals surface area contributed by atoms with Crippen molar-refractivity contribution in [3.63, 3.8) is 0 Å². The van der Waals surface area contributed by atoms with Gasteiger partial charge < -0.3 is 9.84 Å². The first-order valence-electron chi connectivity index (χ1n) is 8.57. The van der Waals surface area contributed by atoms with Gasteiger partial charge in [-0.25, -0.2) is 0 Å². The lowest BCUT2D eigenvalue weighted by Gasteiger charge is -1.98. The summed E-state index contributed by atoms with van der Waals surface area (Å²) < 4.78 is 6.08. The number of benzene rings is 2. The molecular formula is C20H16N4O2S2. The molecule has 4 rings (SSSR count). The Bertz CT molecular complexity index is 1050. The zero-order chi connectivity index (χ0) is 19.2. The van der Waals surface area contributed by atoms with Crippen molar-refractivity contribution in [2.45, 2.75) is 16.5 Å². The van der Waals surface area contributed by atoms with Crippen LogP contribution in [0.25, 0.3) is 11.3 Å². The fraction of sp³-hybridized carbons (Fsp3) is 0.100. The first-order valence-corrected chi connectivity index (χ1v) is 10.4. The average molecular weight is 409 g/mol. The molecule has 1 amide bonds. The van der Waals surface area contributed by atoms with Crippen molar-refractivity contribution in [2.24, 2.45) is 0 Å². The minimum atomic E-state index is -0.216. The van der Waals surface area contributed by atoms with Gasteiger partial charge >= 0.3 is 0 Å². The van der Waals surface area contributed by atoms with Crippen molar-refractivity contribution < 1.29 is 9.32 Å². The maximum atomic E-state index is 12.2. The third-order valence-electron chi connectivity index (χ3n) is 3.82. The summed E-state index contributed by atoms with van der Waals surface area (Å²) in [7, 11) is 0. The molecule has 0 aliphatic heterocycles. The molecule has 140 valence electrons. The predicted octanol–water partition coefficient (Wildman–Crippen LogP) is 4.67. The lowest BCUT2D eigenvalue weighted by molar-refractivity contribution is -0.115. The van der Waals surface area contributed by atoms with E-state index in [1.165, 1.54) is 16.9 Å². The number of carbonyl (C=O) groups excluding carboxylic acids is 1. The van der Waals surface area contributed by atoms with Crippen molar-refractivity contribution in [1.29, 1.82) is 0 Å². The zero-order valence-corrected chi connectivity index (χ0v) is 16.4. The molecule has 0 atom stereocenters. The standard InChI is InChI=1S/C20H16N4O2S2/c25-18(12-16-11-17(24-26-16)15-9-5-2-6-10-15)21-19-22-23-20(28-19)27-13-14-7-3-1-4-8-14/h1-11H,12-13H2,(H,21,22,25). The van der Waals surface area contributed by atoms with E-state index >= 15 is 0 Å². The summed E-state index contributed by atoms with van der Waals surface area (Å²) in [6, 6.07) is 21.6. The maximum Gasteiger partial charge on any atom is 0.233 e. The van der Waals surface area contributed by atoms with Crippen LogP contribution in [0.5, 0.6) is 0 Å². The molecule has 0 aliphatic rings. The minimum absolute atomic E-state index is 0.0892. The fourth-order valence-corrected chi connectivity index (χ4v) is 4.22. The molecule has 0 bridgehead atoms. The highest BCUT2D eigenvalue weighted by Crippen LogP contribution is 2.28. The Labute approximate surface area is 170 Å². The summed E-state index contributed by atoms with van der Waals surface area (Å²) in [5.41, 5.74) is 2.87. The van der Waals surface area contributed by atoms with E-state index in [0.29, 0.717) is 16.6 Å². The molecule has 8 heteroatoms. The summed E-state index contributed by atoms with van der Waals surface area (Å²) in [6.45, 7) is 0. The number of thioether (sulfide) groups is 1. The largest absolute Gasteiger partial charge is 0.360 e. The molecule has 0 saturated carbocycles. The van der Waals surface area contributed by atoms with Crippen molar-refractivity contribution in [3.05, 3.63) is 78.1 Å². The highest BCUT2D eigenvalue weighted by Gasteiger charge is 2.13. The Balaban J connectivity index is 1.31. The Morgan fingerprint density at radius 2 is 1.79 bits per heavy atom. The maximum absolute atomic E-state index is 12.2. The monoisotopic (exact) mass is 408 g/mol. The lowest BCUT2D eigenvalue weighted by atomic mass is 10.1. The number of aromatic nitrogens is 3. The number of carbonyl (C=O) groups is 1. The van der Waals surface area contributed by atoms with E-state index in [0.717, 1.165) is 15.7 Å². The number of rotatable bonds is 7. The number of nitrogens with one attached hydrogen (secondary N) is 1. The van der Waals surface area contributed by atoms with Crippen LogP contribution in [0.1, 0.15) is 11.3 Å². The third kappa shape index (κ3) is 4.85. The first-order chi connectivity index (χ1) is 13.8. The SMILES string of the molecule is O=C(Cc1cc(-c2ccccc2)no1)Nc1nnc(SCc2ccccc2)s1. The van der Waals surface area contributed by atoms with Crippen LogP contribution >= 0.6 is 23.1 Å². The molecule has 6 nitrogen and oxygen atoms in total. The summed E-state index contributed by atoms with van der Waals surface area (Å²) in [4.78, 5) is 12.2. The molecule has 0 spiro atoms. The summed E-state index contributed by atoms with van der Waals surface area (Å²) in [6.07, 6.45) is 0.0892. The lowest BCUT2D eigenvalue weighted by Crippen LogP contribution is -2.13. The molecule has 2 aromatic carbocycles. The zero-order valence-electron chi connectivity index (χ0n) is 14.7. The first kappa shape index (κ1) is 18.4. The van der Waals surface area contributed by atoms with E-state index < -0.39 is 0 Å². The van der Waals surface area contributed by atoms with Crippen LogP contribution < -0.4 is 5.32 Å². The van der Waals surface area contributed by atoms with E-state index in [2.05, 4.69) is 32.8 Å². The van der Waals surface area contributed by atoms with Crippen LogP contribution in [0.4, 0.5) is 5.13 Å². The van der Waals surface area contributed by atoms with E-state index in [1.54, 1.807) is 17.8 Å². The highest BCUT2D eigenvalue weighted by atomic mass is 32.2. The van der Waals surface area contributed by atoms with Gasteiger partial charge in [0.15, 0.2) is 4.34 Å². The predicted molar refractivity (Wildman–Crippen MR) is 110 cm³/mol. The van der Waals surface area contributed by atoms with E-state index in [9.17, 15) is 4.79 Å². The number of amides is 1. The summed E-state index contributed by atoms with van der Waals surface area (Å²) in [5.74, 6) is 1.09. The molecule has 1 N–H and O–H groups in total. The van der Waals surface area contributed by atoms with E-state index in [-0.39, 0.29) is 12.3 Å². The van der Waals surface area contributed by atoms with Gasteiger partial charge in [0, 0.05) is 17.4 Å². The molecule has 2 heterocycles. The number of nitrogens with zero attached hydrogens (tertiary/aromatic N) is 3. The van der Waals surface area contributed by atoms with Gasteiger partial charge in [0.25, 0.3) is 0 Å². The Morgan fingerprint density at radius 3 is 2.57 bits per heavy atom. The van der Waals surface area contributed by atoms with Crippen LogP contribution in [0.3, 0.4) is 0 Å². The normalized spacial score (nSPS) is 10.7. The average Bonchev–Trinajstić information content (AvgIpc) is 3.37. The van der Waals surface area contributed by atoms with Gasteiger partial charge in [0.05, 0.1) is 6.42 Å². The summed E-state index contributed by atoms with van der Waals surface area (Å²) in [5, 5.41) is 15.4. The third-order valence-corrected chi connectivity index (χ3v) is 5.86. The molecule has 0 aliphatic carbocycles. The van der Waals surface area contributed by atoms with Gasteiger partial charge in [-0.2, -0.15) is 0 Å². The number of anilines is 1. The second kappa shape index (κ2) is 8.81. The quantitative estimate of drug-likeness (QED) is 0.354. The van der Waals surface area contributed by atoms with Crippen LogP contribution in [-0.2, 0) is 17.0 Å². The topological polar surface area (TPSA) is 80.9 Å². The van der Waals surface area contributed by atoms with Crippen LogP contribution in [0.2, 0.25) is 0 Å². The smallest absolute Gasteiger partial charge is 0.233 e. The van der Waals surface area contributed by atoms with Crippen molar-refractivity contribution in [1.82, 2.24) is 15.4 Å². The Hall–Kier alpha value is -2.97. The van der Waals surface area contributed by atoms with Crippen molar-refractivity contribution in [3.8, 4) is 11.3 Å². The minimum Gasteiger partial charge on any atom is -0.360 e. The van der Waals surface area contributed by atoms with Crippen LogP contribution in [0, 0.1) is 0 Å². The second-order valence-corrected chi connectivity index (χ2v) is 8.12. The second-order valence-electron chi connectivity index (χ2n) is 5.92. The molecule has 28 heavy (non-hydrogen) atoms. The van der Waals surface area contributed by atoms with Crippen molar-refractivity contribution >= 4 is 34.1 Å². The fourth-order valence-electron chi connectivity index (χ4n) is 2.50. The Kier molecular flexibility index (Phi) is 5.79. The highest BCUT2D eigenvalue weighted by molar-refractivity contribution is 8.00. The van der Waals surface area contributed by atoms with Crippen LogP contribution in [-0.4, -0.2) is 21.3 Å². The van der Waals surface area contributed by atoms with Gasteiger partial charge in [0.1, 0.15) is 11.5 Å². The van der Waals surface area contributed by atoms with Gasteiger partial charge in [-0.05, 0) is 5.56 Å². The molecule has 4 aromatic rings.